The predicted molar refractivity (Wildman–Crippen MR) is 76.0 cm³/mol. The van der Waals surface area contributed by atoms with Crippen LogP contribution < -0.4 is 5.32 Å². The first-order valence-corrected chi connectivity index (χ1v) is 7.12. The number of anilines is 1. The van der Waals surface area contributed by atoms with Gasteiger partial charge in [0.2, 0.25) is 0 Å². The van der Waals surface area contributed by atoms with Gasteiger partial charge >= 0.3 is 6.03 Å². The fourth-order valence-electron chi connectivity index (χ4n) is 2.61. The molecule has 1 aliphatic rings. The molecule has 0 spiro atoms. The van der Waals surface area contributed by atoms with Crippen LogP contribution in [0.4, 0.5) is 19.3 Å². The molecular weight excluding hydrogens is 278 g/mol. The van der Waals surface area contributed by atoms with E-state index < -0.39 is 23.4 Å². The highest BCUT2D eigenvalue weighted by Gasteiger charge is 2.34. The Morgan fingerprint density at radius 3 is 2.38 bits per heavy atom. The Morgan fingerprint density at radius 1 is 1.33 bits per heavy atom. The zero-order valence-electron chi connectivity index (χ0n) is 12.0. The molecule has 2 rings (SSSR count). The molecule has 0 aromatic heterocycles. The highest BCUT2D eigenvalue weighted by Crippen LogP contribution is 2.34. The number of aliphatic hydroxyl groups excluding tert-OH is 1. The van der Waals surface area contributed by atoms with Crippen LogP contribution in [0.3, 0.4) is 0 Å². The van der Waals surface area contributed by atoms with Crippen LogP contribution in [0, 0.1) is 17.0 Å². The van der Waals surface area contributed by atoms with Crippen LogP contribution in [-0.2, 0) is 0 Å². The summed E-state index contributed by atoms with van der Waals surface area (Å²) in [7, 11) is 0. The molecule has 0 unspecified atom stereocenters. The van der Waals surface area contributed by atoms with E-state index in [1.807, 2.05) is 6.92 Å². The van der Waals surface area contributed by atoms with Crippen LogP contribution in [0.2, 0.25) is 0 Å². The van der Waals surface area contributed by atoms with Gasteiger partial charge in [-0.05, 0) is 36.8 Å². The summed E-state index contributed by atoms with van der Waals surface area (Å²) in [5.74, 6) is -1.59. The first-order valence-electron chi connectivity index (χ1n) is 7.12. The number of piperidine rings is 1. The molecule has 6 heteroatoms. The lowest BCUT2D eigenvalue weighted by atomic mass is 9.77. The van der Waals surface area contributed by atoms with E-state index in [-0.39, 0.29) is 12.0 Å². The van der Waals surface area contributed by atoms with Crippen molar-refractivity contribution >= 4 is 11.7 Å². The van der Waals surface area contributed by atoms with Gasteiger partial charge in [0, 0.05) is 19.7 Å². The maximum Gasteiger partial charge on any atom is 0.322 e. The van der Waals surface area contributed by atoms with E-state index in [4.69, 9.17) is 0 Å². The van der Waals surface area contributed by atoms with E-state index in [2.05, 4.69) is 5.32 Å². The number of aliphatic hydroxyl groups is 1. The number of amides is 2. The van der Waals surface area contributed by atoms with E-state index in [9.17, 15) is 18.7 Å². The molecule has 116 valence electrons. The number of rotatable bonds is 3. The minimum atomic E-state index is -0.793. The number of halogens is 2. The monoisotopic (exact) mass is 298 g/mol. The van der Waals surface area contributed by atoms with E-state index in [0.29, 0.717) is 25.9 Å². The largest absolute Gasteiger partial charge is 0.396 e. The van der Waals surface area contributed by atoms with Gasteiger partial charge in [-0.25, -0.2) is 13.6 Å². The van der Waals surface area contributed by atoms with Gasteiger partial charge in [0.1, 0.15) is 17.3 Å². The highest BCUT2D eigenvalue weighted by atomic mass is 19.1. The molecule has 0 aliphatic carbocycles. The Morgan fingerprint density at radius 2 is 1.90 bits per heavy atom. The number of nitrogens with one attached hydrogen (secondary N) is 1. The van der Waals surface area contributed by atoms with Crippen LogP contribution in [0.1, 0.15) is 26.2 Å². The number of carbonyl (C=O) groups is 1. The number of benzene rings is 1. The molecule has 2 N–H and O–H groups in total. The summed E-state index contributed by atoms with van der Waals surface area (Å²) in [6.45, 7) is 3.05. The summed E-state index contributed by atoms with van der Waals surface area (Å²) in [6.07, 6.45) is 2.22. The molecule has 4 nitrogen and oxygen atoms in total. The Labute approximate surface area is 122 Å². The van der Waals surface area contributed by atoms with E-state index in [1.165, 1.54) is 11.0 Å². The highest BCUT2D eigenvalue weighted by molar-refractivity contribution is 5.89. The van der Waals surface area contributed by atoms with Crippen LogP contribution in [-0.4, -0.2) is 35.7 Å². The lowest BCUT2D eigenvalue weighted by Gasteiger charge is -2.40. The van der Waals surface area contributed by atoms with Crippen LogP contribution >= 0.6 is 0 Å². The maximum absolute atomic E-state index is 13.5. The summed E-state index contributed by atoms with van der Waals surface area (Å²) in [6, 6.07) is 2.94. The molecular formula is C15H20F2N2O2. The summed E-state index contributed by atoms with van der Waals surface area (Å²) in [5.41, 5.74) is -0.558. The van der Waals surface area contributed by atoms with Gasteiger partial charge in [-0.15, -0.1) is 0 Å². The van der Waals surface area contributed by atoms with Crippen LogP contribution in [0.5, 0.6) is 0 Å². The van der Waals surface area contributed by atoms with Crippen molar-refractivity contribution in [3.05, 3.63) is 29.8 Å². The van der Waals surface area contributed by atoms with Crippen molar-refractivity contribution in [3.8, 4) is 0 Å². The molecule has 0 atom stereocenters. The summed E-state index contributed by atoms with van der Waals surface area (Å²) in [4.78, 5) is 13.6. The van der Waals surface area contributed by atoms with E-state index in [0.717, 1.165) is 18.6 Å². The number of urea groups is 1. The van der Waals surface area contributed by atoms with Crippen LogP contribution in [0.25, 0.3) is 0 Å². The minimum absolute atomic E-state index is 0.0981. The molecule has 2 amide bonds. The Hall–Kier alpha value is -1.69. The molecule has 1 aliphatic heterocycles. The molecule has 1 fully saturated rings. The minimum Gasteiger partial charge on any atom is -0.396 e. The lowest BCUT2D eigenvalue weighted by molar-refractivity contribution is 0.0542. The summed E-state index contributed by atoms with van der Waals surface area (Å²) < 4.78 is 27.0. The molecule has 1 saturated heterocycles. The van der Waals surface area contributed by atoms with Crippen LogP contribution in [0.15, 0.2) is 18.2 Å². The average Bonchev–Trinajstić information content (AvgIpc) is 2.51. The second-order valence-electron chi connectivity index (χ2n) is 5.53. The first kappa shape index (κ1) is 15.7. The number of hydrogen-bond donors (Lipinski definition) is 2. The van der Waals surface area contributed by atoms with E-state index in [1.54, 1.807) is 0 Å². The molecule has 0 saturated carbocycles. The van der Waals surface area contributed by atoms with Crippen molar-refractivity contribution in [2.45, 2.75) is 26.2 Å². The van der Waals surface area contributed by atoms with Gasteiger partial charge in [0.25, 0.3) is 0 Å². The third-order valence-corrected chi connectivity index (χ3v) is 4.39. The lowest BCUT2D eigenvalue weighted by Crippen LogP contribution is -2.46. The van der Waals surface area contributed by atoms with Gasteiger partial charge in [-0.2, -0.15) is 0 Å². The van der Waals surface area contributed by atoms with Crippen molar-refractivity contribution in [1.82, 2.24) is 4.90 Å². The topological polar surface area (TPSA) is 52.6 Å². The third kappa shape index (κ3) is 3.32. The number of carbonyl (C=O) groups excluding carboxylic acids is 1. The number of para-hydroxylation sites is 1. The third-order valence-electron chi connectivity index (χ3n) is 4.39. The Balaban J connectivity index is 2.00. The van der Waals surface area contributed by atoms with Crippen molar-refractivity contribution < 1.29 is 18.7 Å². The molecule has 1 aromatic rings. The predicted octanol–water partition coefficient (Wildman–Crippen LogP) is 2.98. The SMILES string of the molecule is CCC1(CO)CCN(C(=O)Nc2c(F)cccc2F)CC1. The van der Waals surface area contributed by atoms with Gasteiger partial charge in [0.15, 0.2) is 0 Å². The number of nitrogens with zero attached hydrogens (tertiary/aromatic N) is 1. The van der Waals surface area contributed by atoms with Crippen molar-refractivity contribution in [2.24, 2.45) is 5.41 Å². The normalized spacial score (nSPS) is 17.6. The molecule has 0 radical (unpaired) electrons. The second-order valence-corrected chi connectivity index (χ2v) is 5.53. The molecule has 0 bridgehead atoms. The molecule has 21 heavy (non-hydrogen) atoms. The first-order chi connectivity index (χ1) is 10.0. The van der Waals surface area contributed by atoms with Gasteiger partial charge in [-0.1, -0.05) is 13.0 Å². The fraction of sp³-hybridized carbons (Fsp3) is 0.533. The van der Waals surface area contributed by atoms with Gasteiger partial charge in [0.05, 0.1) is 0 Å². The Kier molecular flexibility index (Phi) is 4.77. The number of hydrogen-bond acceptors (Lipinski definition) is 2. The zero-order chi connectivity index (χ0) is 15.5. The number of likely N-dealkylation sites (tertiary alicyclic amines) is 1. The standard InChI is InChI=1S/C15H20F2N2O2/c1-2-15(10-20)6-8-19(9-7-15)14(21)18-13-11(16)4-3-5-12(13)17/h3-5,20H,2,6-10H2,1H3,(H,18,21). The van der Waals surface area contributed by atoms with Gasteiger partial charge in [-0.3, -0.25) is 0 Å². The second kappa shape index (κ2) is 6.39. The van der Waals surface area contributed by atoms with Crippen molar-refractivity contribution in [3.63, 3.8) is 0 Å². The quantitative estimate of drug-likeness (QED) is 0.901. The average molecular weight is 298 g/mol. The van der Waals surface area contributed by atoms with E-state index >= 15 is 0 Å². The molecule has 1 aromatic carbocycles. The Bertz CT molecular complexity index is 488. The summed E-state index contributed by atoms with van der Waals surface area (Å²) >= 11 is 0. The van der Waals surface area contributed by atoms with Gasteiger partial charge < -0.3 is 15.3 Å². The smallest absolute Gasteiger partial charge is 0.322 e. The fourth-order valence-corrected chi connectivity index (χ4v) is 2.61. The molecule has 1 heterocycles. The summed E-state index contributed by atoms with van der Waals surface area (Å²) in [5, 5.41) is 11.7. The zero-order valence-corrected chi connectivity index (χ0v) is 12.0. The van der Waals surface area contributed by atoms with Crippen molar-refractivity contribution in [2.75, 3.05) is 25.0 Å². The maximum atomic E-state index is 13.5. The van der Waals surface area contributed by atoms with Crippen molar-refractivity contribution in [1.29, 1.82) is 0 Å².